The van der Waals surface area contributed by atoms with Gasteiger partial charge < -0.3 is 21.1 Å². The van der Waals surface area contributed by atoms with E-state index < -0.39 is 12.1 Å². The number of nitrogens with one attached hydrogen (secondary N) is 2. The second-order valence-electron chi connectivity index (χ2n) is 1.94. The number of urea groups is 1. The third-order valence-electron chi connectivity index (χ3n) is 0.969. The maximum Gasteiger partial charge on any atom is 0.407 e. The second-order valence-corrected chi connectivity index (χ2v) is 1.94. The van der Waals surface area contributed by atoms with E-state index in [1.807, 2.05) is 0 Å². The Balaban J connectivity index is 3.19. The minimum Gasteiger partial charge on any atom is -0.450 e. The molecule has 12 heavy (non-hydrogen) atoms. The van der Waals surface area contributed by atoms with Crippen molar-refractivity contribution in [3.63, 3.8) is 0 Å². The van der Waals surface area contributed by atoms with Crippen LogP contribution in [0.3, 0.4) is 0 Å². The van der Waals surface area contributed by atoms with E-state index in [1.165, 1.54) is 0 Å². The van der Waals surface area contributed by atoms with E-state index in [9.17, 15) is 9.59 Å². The van der Waals surface area contributed by atoms with Gasteiger partial charge >= 0.3 is 12.1 Å². The molecule has 4 N–H and O–H groups in total. The first-order valence-electron chi connectivity index (χ1n) is 3.60. The monoisotopic (exact) mass is 175 g/mol. The number of primary amides is 1. The number of amides is 3. The fraction of sp³-hybridized carbons (Fsp3) is 0.667. The summed E-state index contributed by atoms with van der Waals surface area (Å²) in [4.78, 5) is 20.7. The van der Waals surface area contributed by atoms with Gasteiger partial charge in [-0.1, -0.05) is 0 Å². The molecular weight excluding hydrogens is 162 g/mol. The largest absolute Gasteiger partial charge is 0.450 e. The number of alkyl carbamates (subject to hydrolysis) is 1. The molecule has 0 spiro atoms. The van der Waals surface area contributed by atoms with Gasteiger partial charge in [-0.05, 0) is 6.92 Å². The molecule has 0 fully saturated rings. The Bertz CT molecular complexity index is 160. The van der Waals surface area contributed by atoms with Crippen LogP contribution in [0.5, 0.6) is 0 Å². The van der Waals surface area contributed by atoms with Gasteiger partial charge in [-0.25, -0.2) is 9.59 Å². The van der Waals surface area contributed by atoms with Crippen LogP contribution in [0.2, 0.25) is 0 Å². The van der Waals surface area contributed by atoms with Crippen molar-refractivity contribution in [3.05, 3.63) is 0 Å². The van der Waals surface area contributed by atoms with Gasteiger partial charge in [0.05, 0.1) is 6.61 Å². The van der Waals surface area contributed by atoms with Crippen molar-refractivity contribution in [2.75, 3.05) is 19.7 Å². The summed E-state index contributed by atoms with van der Waals surface area (Å²) < 4.78 is 4.55. The summed E-state index contributed by atoms with van der Waals surface area (Å²) in [6, 6.07) is -0.611. The number of hydrogen-bond donors (Lipinski definition) is 3. The van der Waals surface area contributed by atoms with Crippen molar-refractivity contribution >= 4 is 12.1 Å². The van der Waals surface area contributed by atoms with E-state index in [-0.39, 0.29) is 0 Å². The zero-order valence-corrected chi connectivity index (χ0v) is 6.92. The van der Waals surface area contributed by atoms with Gasteiger partial charge in [0.25, 0.3) is 0 Å². The van der Waals surface area contributed by atoms with E-state index >= 15 is 0 Å². The molecular formula is C6H13N3O3. The van der Waals surface area contributed by atoms with Crippen molar-refractivity contribution < 1.29 is 14.3 Å². The molecule has 3 amide bonds. The lowest BCUT2D eigenvalue weighted by atomic mass is 10.6. The van der Waals surface area contributed by atoms with Crippen molar-refractivity contribution in [2.45, 2.75) is 6.92 Å². The van der Waals surface area contributed by atoms with E-state index in [0.717, 1.165) is 0 Å². The summed E-state index contributed by atoms with van der Waals surface area (Å²) in [6.45, 7) is 2.65. The number of carbonyl (C=O) groups is 2. The summed E-state index contributed by atoms with van der Waals surface area (Å²) in [6.07, 6.45) is -0.497. The molecule has 0 rings (SSSR count). The standard InChI is InChI=1S/C6H13N3O3/c1-2-12-6(11)9-4-3-8-5(7)10/h2-4H2,1H3,(H,9,11)(H3,7,8,10). The van der Waals surface area contributed by atoms with E-state index in [4.69, 9.17) is 5.73 Å². The van der Waals surface area contributed by atoms with Crippen LogP contribution < -0.4 is 16.4 Å². The third-order valence-corrected chi connectivity index (χ3v) is 0.969. The number of nitrogens with two attached hydrogens (primary N) is 1. The molecule has 0 radical (unpaired) electrons. The molecule has 70 valence electrons. The zero-order valence-electron chi connectivity index (χ0n) is 6.92. The van der Waals surface area contributed by atoms with Crippen molar-refractivity contribution in [2.24, 2.45) is 5.73 Å². The average molecular weight is 175 g/mol. The van der Waals surface area contributed by atoms with Gasteiger partial charge in [-0.2, -0.15) is 0 Å². The van der Waals surface area contributed by atoms with Gasteiger partial charge in [0, 0.05) is 13.1 Å². The molecule has 0 aromatic heterocycles. The average Bonchev–Trinajstić information content (AvgIpc) is 1.98. The van der Waals surface area contributed by atoms with Crippen LogP contribution in [0, 0.1) is 0 Å². The Hall–Kier alpha value is -1.46. The van der Waals surface area contributed by atoms with Gasteiger partial charge in [0.15, 0.2) is 0 Å². The van der Waals surface area contributed by atoms with Crippen LogP contribution in [0.4, 0.5) is 9.59 Å². The number of rotatable bonds is 4. The molecule has 0 saturated carbocycles. The van der Waals surface area contributed by atoms with Crippen LogP contribution in [-0.4, -0.2) is 31.8 Å². The molecule has 6 heteroatoms. The highest BCUT2D eigenvalue weighted by molar-refractivity contribution is 5.71. The first-order valence-corrected chi connectivity index (χ1v) is 3.60. The molecule has 0 aromatic carbocycles. The fourth-order valence-electron chi connectivity index (χ4n) is 0.532. The van der Waals surface area contributed by atoms with E-state index in [0.29, 0.717) is 19.7 Å². The van der Waals surface area contributed by atoms with Crippen LogP contribution in [-0.2, 0) is 4.74 Å². The van der Waals surface area contributed by atoms with Crippen molar-refractivity contribution in [1.82, 2.24) is 10.6 Å². The predicted octanol–water partition coefficient (Wildman–Crippen LogP) is -0.599. The van der Waals surface area contributed by atoms with E-state index in [1.54, 1.807) is 6.92 Å². The quantitative estimate of drug-likeness (QED) is 0.498. The minimum absolute atomic E-state index is 0.300. The summed E-state index contributed by atoms with van der Waals surface area (Å²) in [5.41, 5.74) is 4.77. The zero-order chi connectivity index (χ0) is 9.40. The number of hydrogen-bond acceptors (Lipinski definition) is 3. The Morgan fingerprint density at radius 2 is 1.92 bits per heavy atom. The molecule has 0 aliphatic rings. The lowest BCUT2D eigenvalue weighted by Crippen LogP contribution is -2.37. The summed E-state index contributed by atoms with van der Waals surface area (Å²) in [5, 5.41) is 4.72. The van der Waals surface area contributed by atoms with Gasteiger partial charge in [0.2, 0.25) is 0 Å². The molecule has 0 saturated heterocycles. The topological polar surface area (TPSA) is 93.4 Å². The first kappa shape index (κ1) is 10.5. The second kappa shape index (κ2) is 6.26. The van der Waals surface area contributed by atoms with Crippen molar-refractivity contribution in [3.8, 4) is 0 Å². The summed E-state index contributed by atoms with van der Waals surface area (Å²) in [5.74, 6) is 0. The molecule has 0 aromatic rings. The molecule has 0 atom stereocenters. The molecule has 0 unspecified atom stereocenters. The normalized spacial score (nSPS) is 8.75. The van der Waals surface area contributed by atoms with E-state index in [2.05, 4.69) is 15.4 Å². The predicted molar refractivity (Wildman–Crippen MR) is 42.6 cm³/mol. The highest BCUT2D eigenvalue weighted by Gasteiger charge is 1.97. The van der Waals surface area contributed by atoms with Crippen LogP contribution >= 0.6 is 0 Å². The maximum atomic E-state index is 10.6. The highest BCUT2D eigenvalue weighted by Crippen LogP contribution is 1.73. The number of carbonyl (C=O) groups excluding carboxylic acids is 2. The van der Waals surface area contributed by atoms with Gasteiger partial charge in [0.1, 0.15) is 0 Å². The third kappa shape index (κ3) is 6.66. The Morgan fingerprint density at radius 1 is 1.33 bits per heavy atom. The molecule has 6 nitrogen and oxygen atoms in total. The minimum atomic E-state index is -0.611. The Kier molecular flexibility index (Phi) is 5.50. The lowest BCUT2D eigenvalue weighted by Gasteiger charge is -2.04. The summed E-state index contributed by atoms with van der Waals surface area (Å²) in [7, 11) is 0. The van der Waals surface area contributed by atoms with Crippen LogP contribution in [0.1, 0.15) is 6.92 Å². The maximum absolute atomic E-state index is 10.6. The Morgan fingerprint density at radius 3 is 2.42 bits per heavy atom. The fourth-order valence-corrected chi connectivity index (χ4v) is 0.532. The smallest absolute Gasteiger partial charge is 0.407 e. The van der Waals surface area contributed by atoms with Crippen molar-refractivity contribution in [1.29, 1.82) is 0 Å². The molecule has 0 aliphatic heterocycles. The van der Waals surface area contributed by atoms with Gasteiger partial charge in [-0.3, -0.25) is 0 Å². The first-order chi connectivity index (χ1) is 5.66. The van der Waals surface area contributed by atoms with Crippen LogP contribution in [0.25, 0.3) is 0 Å². The van der Waals surface area contributed by atoms with Crippen LogP contribution in [0.15, 0.2) is 0 Å². The Labute approximate surface area is 70.4 Å². The SMILES string of the molecule is CCOC(=O)NCCNC(N)=O. The molecule has 0 aliphatic carbocycles. The molecule has 0 bridgehead atoms. The van der Waals surface area contributed by atoms with Gasteiger partial charge in [-0.15, -0.1) is 0 Å². The summed E-state index contributed by atoms with van der Waals surface area (Å²) >= 11 is 0. The number of ether oxygens (including phenoxy) is 1. The lowest BCUT2D eigenvalue weighted by molar-refractivity contribution is 0.152. The highest BCUT2D eigenvalue weighted by atomic mass is 16.5. The molecule has 0 heterocycles.